The van der Waals surface area contributed by atoms with E-state index >= 15 is 0 Å². The third-order valence-corrected chi connectivity index (χ3v) is 4.39. The number of alkyl halides is 1. The van der Waals surface area contributed by atoms with Crippen LogP contribution >= 0.6 is 47.8 Å². The summed E-state index contributed by atoms with van der Waals surface area (Å²) in [5.74, 6) is -0.672. The highest BCUT2D eigenvalue weighted by Gasteiger charge is 2.14. The van der Waals surface area contributed by atoms with Crippen LogP contribution in [0.3, 0.4) is 0 Å². The van der Waals surface area contributed by atoms with Crippen LogP contribution in [0.15, 0.2) is 39.3 Å². The van der Waals surface area contributed by atoms with Gasteiger partial charge >= 0.3 is 0 Å². The molecule has 0 bridgehead atoms. The highest BCUT2D eigenvalue weighted by atomic mass is 79.9. The van der Waals surface area contributed by atoms with Gasteiger partial charge in [0.1, 0.15) is 24.0 Å². The first-order valence-electron chi connectivity index (χ1n) is 5.62. The fraction of sp³-hybridized carbons (Fsp3) is 0.143. The van der Waals surface area contributed by atoms with Crippen LogP contribution in [0.4, 0.5) is 8.78 Å². The van der Waals surface area contributed by atoms with Crippen LogP contribution in [0.1, 0.15) is 11.1 Å². The molecule has 0 aromatic heterocycles. The lowest BCUT2D eigenvalue weighted by atomic mass is 10.2. The third kappa shape index (κ3) is 3.59. The van der Waals surface area contributed by atoms with Crippen LogP contribution in [0.25, 0.3) is 0 Å². The van der Waals surface area contributed by atoms with Crippen LogP contribution in [-0.2, 0) is 11.9 Å². The van der Waals surface area contributed by atoms with E-state index in [-0.39, 0.29) is 16.6 Å². The molecular formula is C14H9Br3F2O. The zero-order chi connectivity index (χ0) is 14.7. The van der Waals surface area contributed by atoms with E-state index in [1.54, 1.807) is 6.07 Å². The summed E-state index contributed by atoms with van der Waals surface area (Å²) in [6.45, 7) is -0.168. The average molecular weight is 471 g/mol. The largest absolute Gasteiger partial charge is 0.488 e. The van der Waals surface area contributed by atoms with Crippen LogP contribution in [0.2, 0.25) is 0 Å². The summed E-state index contributed by atoms with van der Waals surface area (Å²) in [6, 6.07) is 8.00. The van der Waals surface area contributed by atoms with Gasteiger partial charge in [0.15, 0.2) is 0 Å². The van der Waals surface area contributed by atoms with Crippen molar-refractivity contribution in [1.29, 1.82) is 0 Å². The Balaban J connectivity index is 2.23. The molecule has 0 saturated carbocycles. The van der Waals surface area contributed by atoms with Gasteiger partial charge in [0, 0.05) is 15.4 Å². The lowest BCUT2D eigenvalue weighted by Crippen LogP contribution is -2.04. The van der Waals surface area contributed by atoms with E-state index < -0.39 is 11.6 Å². The maximum atomic E-state index is 13.8. The molecule has 106 valence electrons. The van der Waals surface area contributed by atoms with Crippen LogP contribution in [-0.4, -0.2) is 0 Å². The van der Waals surface area contributed by atoms with Crippen molar-refractivity contribution in [3.63, 3.8) is 0 Å². The minimum Gasteiger partial charge on any atom is -0.488 e. The van der Waals surface area contributed by atoms with E-state index in [2.05, 4.69) is 47.8 Å². The molecule has 0 amide bonds. The van der Waals surface area contributed by atoms with E-state index in [1.165, 1.54) is 12.1 Å². The summed E-state index contributed by atoms with van der Waals surface area (Å²) < 4.78 is 34.1. The predicted molar refractivity (Wildman–Crippen MR) is 85.2 cm³/mol. The first-order valence-corrected chi connectivity index (χ1v) is 8.33. The number of hydrogen-bond donors (Lipinski definition) is 0. The Hall–Kier alpha value is -0.460. The van der Waals surface area contributed by atoms with Crippen molar-refractivity contribution in [3.8, 4) is 5.75 Å². The number of benzene rings is 2. The quantitative estimate of drug-likeness (QED) is 0.395. The van der Waals surface area contributed by atoms with E-state index in [1.807, 2.05) is 12.1 Å². The zero-order valence-electron chi connectivity index (χ0n) is 10.1. The molecule has 0 saturated heterocycles. The van der Waals surface area contributed by atoms with Gasteiger partial charge in [-0.2, -0.15) is 0 Å². The van der Waals surface area contributed by atoms with Crippen molar-refractivity contribution in [2.75, 3.05) is 0 Å². The van der Waals surface area contributed by atoms with Crippen LogP contribution < -0.4 is 4.74 Å². The van der Waals surface area contributed by atoms with Crippen molar-refractivity contribution in [1.82, 2.24) is 0 Å². The van der Waals surface area contributed by atoms with Crippen molar-refractivity contribution in [2.24, 2.45) is 0 Å². The Bertz CT molecular complexity index is 632. The second-order valence-corrected chi connectivity index (χ2v) is 6.33. The molecule has 0 N–H and O–H groups in total. The monoisotopic (exact) mass is 468 g/mol. The molecule has 0 aliphatic heterocycles. The standard InChI is InChI=1S/C14H9Br3F2O/c15-6-8-5-9(16)1-4-13(8)20-7-10-12(18)3-2-11(17)14(10)19/h1-5H,6-7H2. The second kappa shape index (κ2) is 7.00. The number of halogens is 5. The maximum Gasteiger partial charge on any atom is 0.146 e. The zero-order valence-corrected chi connectivity index (χ0v) is 14.9. The molecule has 2 aromatic rings. The lowest BCUT2D eigenvalue weighted by Gasteiger charge is -2.12. The summed E-state index contributed by atoms with van der Waals surface area (Å²) in [5, 5.41) is 0.589. The summed E-state index contributed by atoms with van der Waals surface area (Å²) >= 11 is 9.75. The Morgan fingerprint density at radius 1 is 1.05 bits per heavy atom. The third-order valence-electron chi connectivity index (χ3n) is 2.68. The topological polar surface area (TPSA) is 9.23 Å². The normalized spacial score (nSPS) is 10.7. The van der Waals surface area contributed by atoms with Crippen LogP contribution in [0.5, 0.6) is 5.75 Å². The molecule has 20 heavy (non-hydrogen) atoms. The summed E-state index contributed by atoms with van der Waals surface area (Å²) in [5.41, 5.74) is 0.804. The van der Waals surface area contributed by atoms with Gasteiger partial charge in [0.05, 0.1) is 10.0 Å². The van der Waals surface area contributed by atoms with E-state index in [0.29, 0.717) is 11.1 Å². The Kier molecular flexibility index (Phi) is 5.57. The van der Waals surface area contributed by atoms with Gasteiger partial charge in [0.2, 0.25) is 0 Å². The molecule has 6 heteroatoms. The molecule has 0 aliphatic rings. The first kappa shape index (κ1) is 15.9. The van der Waals surface area contributed by atoms with Gasteiger partial charge in [-0.1, -0.05) is 31.9 Å². The van der Waals surface area contributed by atoms with Crippen molar-refractivity contribution >= 4 is 47.8 Å². The maximum absolute atomic E-state index is 13.8. The second-order valence-electron chi connectivity index (χ2n) is 4.00. The minimum absolute atomic E-state index is 0.0946. The molecule has 0 aliphatic carbocycles. The molecule has 1 nitrogen and oxygen atoms in total. The number of rotatable bonds is 4. The fourth-order valence-electron chi connectivity index (χ4n) is 1.64. The molecule has 2 rings (SSSR count). The predicted octanol–water partition coefficient (Wildman–Crippen LogP) is 5.96. The first-order chi connectivity index (χ1) is 9.52. The summed E-state index contributed by atoms with van der Waals surface area (Å²) in [7, 11) is 0. The molecule has 0 atom stereocenters. The van der Waals surface area contributed by atoms with Gasteiger partial charge < -0.3 is 4.74 Å². The Labute approximate surface area is 140 Å². The molecule has 0 heterocycles. The Morgan fingerprint density at radius 2 is 1.80 bits per heavy atom. The van der Waals surface area contributed by atoms with Gasteiger partial charge in [-0.05, 0) is 46.3 Å². The molecule has 0 radical (unpaired) electrons. The van der Waals surface area contributed by atoms with Gasteiger partial charge in [-0.15, -0.1) is 0 Å². The molecule has 2 aromatic carbocycles. The van der Waals surface area contributed by atoms with E-state index in [4.69, 9.17) is 4.74 Å². The van der Waals surface area contributed by atoms with Crippen molar-refractivity contribution < 1.29 is 13.5 Å². The number of hydrogen-bond acceptors (Lipinski definition) is 1. The number of ether oxygens (including phenoxy) is 1. The summed E-state index contributed by atoms with van der Waals surface area (Å²) in [6.07, 6.45) is 0. The molecule has 0 unspecified atom stereocenters. The molecular weight excluding hydrogens is 462 g/mol. The SMILES string of the molecule is Fc1ccc(Br)c(F)c1COc1ccc(Br)cc1CBr. The average Bonchev–Trinajstić information content (AvgIpc) is 2.44. The van der Waals surface area contributed by atoms with Gasteiger partial charge in [0.25, 0.3) is 0 Å². The van der Waals surface area contributed by atoms with E-state index in [9.17, 15) is 8.78 Å². The van der Waals surface area contributed by atoms with E-state index in [0.717, 1.165) is 10.0 Å². The Morgan fingerprint density at radius 3 is 2.50 bits per heavy atom. The fourth-order valence-corrected chi connectivity index (χ4v) is 2.86. The highest BCUT2D eigenvalue weighted by Crippen LogP contribution is 2.28. The summed E-state index contributed by atoms with van der Waals surface area (Å²) in [4.78, 5) is 0. The minimum atomic E-state index is -0.637. The van der Waals surface area contributed by atoms with Crippen molar-refractivity contribution in [2.45, 2.75) is 11.9 Å². The smallest absolute Gasteiger partial charge is 0.146 e. The highest BCUT2D eigenvalue weighted by molar-refractivity contribution is 9.10. The van der Waals surface area contributed by atoms with Crippen LogP contribution in [0, 0.1) is 11.6 Å². The van der Waals surface area contributed by atoms with Gasteiger partial charge in [-0.3, -0.25) is 0 Å². The molecule has 0 spiro atoms. The lowest BCUT2D eigenvalue weighted by molar-refractivity contribution is 0.290. The van der Waals surface area contributed by atoms with Gasteiger partial charge in [-0.25, -0.2) is 8.78 Å². The molecule has 0 fully saturated rings. The van der Waals surface area contributed by atoms with Crippen molar-refractivity contribution in [3.05, 3.63) is 62.0 Å².